The van der Waals surface area contributed by atoms with Gasteiger partial charge < -0.3 is 10.0 Å². The van der Waals surface area contributed by atoms with Gasteiger partial charge in [-0.2, -0.15) is 0 Å². The number of carbonyl (C=O) groups excluding carboxylic acids is 1. The standard InChI is InChI=1S/C9H13NO2/c1-8(11)4-2-6-10-7-3-5-9(10)12/h8,11H,3,5-7H2,1H3. The van der Waals surface area contributed by atoms with Crippen molar-refractivity contribution in [1.82, 2.24) is 4.90 Å². The Labute approximate surface area is 72.4 Å². The van der Waals surface area contributed by atoms with Crippen molar-refractivity contribution in [1.29, 1.82) is 0 Å². The summed E-state index contributed by atoms with van der Waals surface area (Å²) in [4.78, 5) is 12.8. The molecule has 0 aromatic rings. The van der Waals surface area contributed by atoms with Crippen molar-refractivity contribution in [3.8, 4) is 11.8 Å². The first-order valence-corrected chi connectivity index (χ1v) is 4.14. The van der Waals surface area contributed by atoms with E-state index in [1.54, 1.807) is 11.8 Å². The zero-order chi connectivity index (χ0) is 8.97. The molecule has 12 heavy (non-hydrogen) atoms. The second-order valence-corrected chi connectivity index (χ2v) is 2.92. The molecule has 3 nitrogen and oxygen atoms in total. The summed E-state index contributed by atoms with van der Waals surface area (Å²) in [5, 5.41) is 8.82. The number of nitrogens with zero attached hydrogens (tertiary/aromatic N) is 1. The molecule has 1 unspecified atom stereocenters. The van der Waals surface area contributed by atoms with Gasteiger partial charge in [-0.05, 0) is 13.3 Å². The summed E-state index contributed by atoms with van der Waals surface area (Å²) < 4.78 is 0. The van der Waals surface area contributed by atoms with E-state index in [-0.39, 0.29) is 5.91 Å². The van der Waals surface area contributed by atoms with E-state index in [4.69, 9.17) is 5.11 Å². The fourth-order valence-electron chi connectivity index (χ4n) is 1.16. The highest BCUT2D eigenvalue weighted by molar-refractivity contribution is 5.78. The van der Waals surface area contributed by atoms with Crippen molar-refractivity contribution >= 4 is 5.91 Å². The van der Waals surface area contributed by atoms with Gasteiger partial charge in [-0.1, -0.05) is 11.8 Å². The van der Waals surface area contributed by atoms with Gasteiger partial charge in [0.05, 0.1) is 6.54 Å². The van der Waals surface area contributed by atoms with E-state index in [1.165, 1.54) is 0 Å². The van der Waals surface area contributed by atoms with Crippen LogP contribution in [0.25, 0.3) is 0 Å². The molecule has 0 aliphatic carbocycles. The molecule has 0 radical (unpaired) electrons. The Morgan fingerprint density at radius 2 is 2.50 bits per heavy atom. The van der Waals surface area contributed by atoms with Gasteiger partial charge in [-0.25, -0.2) is 0 Å². The molecular weight excluding hydrogens is 154 g/mol. The first-order chi connectivity index (χ1) is 5.70. The van der Waals surface area contributed by atoms with Gasteiger partial charge in [0.25, 0.3) is 0 Å². The van der Waals surface area contributed by atoms with Crippen LogP contribution in [0.5, 0.6) is 0 Å². The molecule has 1 fully saturated rings. The first kappa shape index (κ1) is 9.08. The molecule has 0 bridgehead atoms. The van der Waals surface area contributed by atoms with Crippen LogP contribution in [0.2, 0.25) is 0 Å². The maximum atomic E-state index is 11.0. The lowest BCUT2D eigenvalue weighted by molar-refractivity contribution is -0.127. The molecule has 0 saturated carbocycles. The minimum Gasteiger partial charge on any atom is -0.381 e. The highest BCUT2D eigenvalue weighted by Gasteiger charge is 2.18. The third-order valence-electron chi connectivity index (χ3n) is 1.75. The van der Waals surface area contributed by atoms with Crippen LogP contribution in [0.4, 0.5) is 0 Å². The molecule has 1 atom stereocenters. The number of amides is 1. The van der Waals surface area contributed by atoms with E-state index in [9.17, 15) is 4.79 Å². The molecule has 1 rings (SSSR count). The summed E-state index contributed by atoms with van der Waals surface area (Å²) in [7, 11) is 0. The van der Waals surface area contributed by atoms with Crippen molar-refractivity contribution in [3.63, 3.8) is 0 Å². The Kier molecular flexibility index (Phi) is 3.12. The van der Waals surface area contributed by atoms with Crippen LogP contribution in [0.1, 0.15) is 19.8 Å². The van der Waals surface area contributed by atoms with Crippen molar-refractivity contribution in [2.24, 2.45) is 0 Å². The summed E-state index contributed by atoms with van der Waals surface area (Å²) in [6.45, 7) is 2.88. The van der Waals surface area contributed by atoms with Crippen LogP contribution in [0.15, 0.2) is 0 Å². The molecule has 66 valence electrons. The predicted molar refractivity (Wildman–Crippen MR) is 45.3 cm³/mol. The maximum absolute atomic E-state index is 11.0. The highest BCUT2D eigenvalue weighted by Crippen LogP contribution is 2.07. The van der Waals surface area contributed by atoms with E-state index in [1.807, 2.05) is 0 Å². The number of hydrogen-bond donors (Lipinski definition) is 1. The third kappa shape index (κ3) is 2.55. The Morgan fingerprint density at radius 1 is 1.75 bits per heavy atom. The van der Waals surface area contributed by atoms with E-state index in [0.717, 1.165) is 13.0 Å². The SMILES string of the molecule is CC(O)C#CCN1CCCC1=O. The van der Waals surface area contributed by atoms with Gasteiger partial charge in [0.1, 0.15) is 6.10 Å². The molecule has 1 aliphatic heterocycles. The molecule has 1 saturated heterocycles. The van der Waals surface area contributed by atoms with E-state index >= 15 is 0 Å². The topological polar surface area (TPSA) is 40.5 Å². The second-order valence-electron chi connectivity index (χ2n) is 2.92. The fraction of sp³-hybridized carbons (Fsp3) is 0.667. The lowest BCUT2D eigenvalue weighted by Crippen LogP contribution is -2.24. The average molecular weight is 167 g/mol. The molecule has 1 heterocycles. The lowest BCUT2D eigenvalue weighted by Gasteiger charge is -2.09. The number of aliphatic hydroxyl groups is 1. The summed E-state index contributed by atoms with van der Waals surface area (Å²) in [6.07, 6.45) is 0.994. The van der Waals surface area contributed by atoms with Gasteiger partial charge in [-0.15, -0.1) is 0 Å². The minimum absolute atomic E-state index is 0.176. The number of likely N-dealkylation sites (tertiary alicyclic amines) is 1. The van der Waals surface area contributed by atoms with Crippen LogP contribution >= 0.6 is 0 Å². The normalized spacial score (nSPS) is 18.8. The van der Waals surface area contributed by atoms with Crippen molar-refractivity contribution < 1.29 is 9.90 Å². The average Bonchev–Trinajstić information content (AvgIpc) is 2.36. The van der Waals surface area contributed by atoms with Crippen LogP contribution in [0, 0.1) is 11.8 Å². The zero-order valence-electron chi connectivity index (χ0n) is 7.21. The van der Waals surface area contributed by atoms with E-state index in [0.29, 0.717) is 13.0 Å². The largest absolute Gasteiger partial charge is 0.381 e. The summed E-state index contributed by atoms with van der Waals surface area (Å²) in [6, 6.07) is 0. The van der Waals surface area contributed by atoms with Crippen molar-refractivity contribution in [2.45, 2.75) is 25.9 Å². The summed E-state index contributed by atoms with van der Waals surface area (Å²) in [5.74, 6) is 5.54. The molecule has 1 aliphatic rings. The van der Waals surface area contributed by atoms with Gasteiger partial charge >= 0.3 is 0 Å². The Bertz CT molecular complexity index is 224. The van der Waals surface area contributed by atoms with Gasteiger partial charge in [0.15, 0.2) is 0 Å². The smallest absolute Gasteiger partial charge is 0.223 e. The highest BCUT2D eigenvalue weighted by atomic mass is 16.3. The van der Waals surface area contributed by atoms with E-state index in [2.05, 4.69) is 11.8 Å². The Balaban J connectivity index is 2.33. The van der Waals surface area contributed by atoms with Gasteiger partial charge in [0, 0.05) is 13.0 Å². The monoisotopic (exact) mass is 167 g/mol. The van der Waals surface area contributed by atoms with Gasteiger partial charge in [-0.3, -0.25) is 4.79 Å². The van der Waals surface area contributed by atoms with Crippen LogP contribution in [-0.4, -0.2) is 35.1 Å². The number of rotatable bonds is 1. The fourth-order valence-corrected chi connectivity index (χ4v) is 1.16. The quantitative estimate of drug-likeness (QED) is 0.558. The molecule has 3 heteroatoms. The minimum atomic E-state index is -0.595. The van der Waals surface area contributed by atoms with Crippen molar-refractivity contribution in [3.05, 3.63) is 0 Å². The van der Waals surface area contributed by atoms with Crippen molar-refractivity contribution in [2.75, 3.05) is 13.1 Å². The zero-order valence-corrected chi connectivity index (χ0v) is 7.21. The van der Waals surface area contributed by atoms with Gasteiger partial charge in [0.2, 0.25) is 5.91 Å². The Morgan fingerprint density at radius 3 is 3.00 bits per heavy atom. The van der Waals surface area contributed by atoms with Crippen LogP contribution < -0.4 is 0 Å². The maximum Gasteiger partial charge on any atom is 0.223 e. The number of hydrogen-bond acceptors (Lipinski definition) is 2. The van der Waals surface area contributed by atoms with Crippen LogP contribution in [-0.2, 0) is 4.79 Å². The molecule has 1 amide bonds. The molecule has 1 N–H and O–H groups in total. The summed E-state index contributed by atoms with van der Waals surface area (Å²) in [5.41, 5.74) is 0. The molecule has 0 aromatic carbocycles. The predicted octanol–water partition coefficient (Wildman–Crippen LogP) is -0.00700. The lowest BCUT2D eigenvalue weighted by atomic mass is 10.4. The molecule has 0 spiro atoms. The first-order valence-electron chi connectivity index (χ1n) is 4.14. The molecular formula is C9H13NO2. The molecule has 0 aromatic heterocycles. The Hall–Kier alpha value is -1.01. The number of carbonyl (C=O) groups is 1. The van der Waals surface area contributed by atoms with Crippen LogP contribution in [0.3, 0.4) is 0 Å². The third-order valence-corrected chi connectivity index (χ3v) is 1.75. The van der Waals surface area contributed by atoms with E-state index < -0.39 is 6.10 Å². The summed E-state index contributed by atoms with van der Waals surface area (Å²) >= 11 is 0. The second kappa shape index (κ2) is 4.13. The number of aliphatic hydroxyl groups excluding tert-OH is 1.